The van der Waals surface area contributed by atoms with Crippen LogP contribution in [0.5, 0.6) is 0 Å². The average Bonchev–Trinajstić information content (AvgIpc) is 2.80. The molecule has 2 aromatic heterocycles. The van der Waals surface area contributed by atoms with E-state index >= 15 is 0 Å². The Morgan fingerprint density at radius 1 is 1.12 bits per heavy atom. The highest BCUT2D eigenvalue weighted by Crippen LogP contribution is 2.29. The first-order valence-electron chi connectivity index (χ1n) is 10.0. The molecule has 8 heteroatoms. The van der Waals surface area contributed by atoms with E-state index in [-0.39, 0.29) is 6.42 Å². The van der Waals surface area contributed by atoms with Gasteiger partial charge in [0.05, 0.1) is 35.1 Å². The monoisotopic (exact) mass is 431 g/mol. The second kappa shape index (κ2) is 9.02. The Hall–Kier alpha value is -3.99. The molecule has 1 aliphatic rings. The zero-order valence-corrected chi connectivity index (χ0v) is 17.3. The fourth-order valence-corrected chi connectivity index (χ4v) is 3.69. The molecule has 0 saturated carbocycles. The maximum atomic E-state index is 13.9. The van der Waals surface area contributed by atoms with Gasteiger partial charge in [0.1, 0.15) is 23.5 Å². The molecule has 1 aromatic carbocycles. The van der Waals surface area contributed by atoms with Crippen molar-refractivity contribution in [3.8, 4) is 6.07 Å². The van der Waals surface area contributed by atoms with Gasteiger partial charge in [-0.15, -0.1) is 0 Å². The lowest BCUT2D eigenvalue weighted by Gasteiger charge is -2.31. The van der Waals surface area contributed by atoms with E-state index < -0.39 is 23.0 Å². The van der Waals surface area contributed by atoms with Crippen molar-refractivity contribution in [2.75, 3.05) is 18.0 Å². The number of ketones is 1. The summed E-state index contributed by atoms with van der Waals surface area (Å²) in [4.78, 5) is 27.5. The summed E-state index contributed by atoms with van der Waals surface area (Å²) in [6.45, 7) is 3.27. The number of hydrogen-bond acceptors (Lipinski definition) is 6. The Bertz CT molecular complexity index is 1230. The van der Waals surface area contributed by atoms with Crippen molar-refractivity contribution in [1.82, 2.24) is 15.0 Å². The number of carbonyl (C=O) groups excluding carboxylic acids is 1. The highest BCUT2D eigenvalue weighted by molar-refractivity contribution is 5.97. The molecule has 0 spiro atoms. The minimum Gasteiger partial charge on any atom is -0.351 e. The molecule has 0 unspecified atom stereocenters. The third kappa shape index (κ3) is 4.23. The van der Waals surface area contributed by atoms with Gasteiger partial charge in [-0.25, -0.2) is 13.8 Å². The number of halogens is 2. The number of rotatable bonds is 5. The van der Waals surface area contributed by atoms with Crippen molar-refractivity contribution >= 4 is 17.2 Å². The largest absolute Gasteiger partial charge is 0.351 e. The number of anilines is 1. The molecule has 0 amide bonds. The minimum atomic E-state index is -0.895. The van der Waals surface area contributed by atoms with Gasteiger partial charge in [0.25, 0.3) is 0 Å². The molecule has 0 N–H and O–H groups in total. The molecule has 32 heavy (non-hydrogen) atoms. The Balaban J connectivity index is 1.53. The summed E-state index contributed by atoms with van der Waals surface area (Å²) in [6.07, 6.45) is 5.20. The lowest BCUT2D eigenvalue weighted by atomic mass is 9.98. The van der Waals surface area contributed by atoms with Crippen molar-refractivity contribution < 1.29 is 13.6 Å². The van der Waals surface area contributed by atoms with Gasteiger partial charge < -0.3 is 4.90 Å². The number of nitrogens with zero attached hydrogens (tertiary/aromatic N) is 5. The molecule has 0 bridgehead atoms. The van der Waals surface area contributed by atoms with E-state index in [1.807, 2.05) is 11.8 Å². The average molecular weight is 431 g/mol. The van der Waals surface area contributed by atoms with Crippen LogP contribution in [-0.4, -0.2) is 33.8 Å². The molecule has 160 valence electrons. The minimum absolute atomic E-state index is 0.255. The van der Waals surface area contributed by atoms with E-state index in [9.17, 15) is 18.8 Å². The molecule has 0 fully saturated rings. The smallest absolute Gasteiger partial charge is 0.174 e. The van der Waals surface area contributed by atoms with Gasteiger partial charge in [0.15, 0.2) is 5.78 Å². The summed E-state index contributed by atoms with van der Waals surface area (Å²) in [6, 6.07) is 8.95. The van der Waals surface area contributed by atoms with Crippen LogP contribution in [0.3, 0.4) is 0 Å². The Morgan fingerprint density at radius 2 is 1.91 bits per heavy atom. The van der Waals surface area contributed by atoms with Gasteiger partial charge in [-0.05, 0) is 43.2 Å². The molecule has 0 atom stereocenters. The molecule has 3 heterocycles. The van der Waals surface area contributed by atoms with E-state index in [0.29, 0.717) is 29.3 Å². The zero-order chi connectivity index (χ0) is 22.7. The van der Waals surface area contributed by atoms with E-state index in [4.69, 9.17) is 0 Å². The van der Waals surface area contributed by atoms with Crippen LogP contribution < -0.4 is 4.90 Å². The first-order chi connectivity index (χ1) is 15.5. The van der Waals surface area contributed by atoms with Crippen molar-refractivity contribution in [2.24, 2.45) is 0 Å². The molecule has 0 aliphatic carbocycles. The molecule has 1 aliphatic heterocycles. The van der Waals surface area contributed by atoms with Gasteiger partial charge in [-0.3, -0.25) is 14.8 Å². The van der Waals surface area contributed by atoms with Crippen LogP contribution in [0, 0.1) is 23.0 Å². The lowest BCUT2D eigenvalue weighted by Crippen LogP contribution is -2.32. The highest BCUT2D eigenvalue weighted by atomic mass is 19.1. The number of hydrogen-bond donors (Lipinski definition) is 0. The van der Waals surface area contributed by atoms with Crippen molar-refractivity contribution in [3.63, 3.8) is 0 Å². The van der Waals surface area contributed by atoms with Crippen molar-refractivity contribution in [1.29, 1.82) is 5.26 Å². The molecule has 3 aromatic rings. The van der Waals surface area contributed by atoms with Gasteiger partial charge in [-0.2, -0.15) is 5.26 Å². The molecular formula is C24H19F2N5O. The summed E-state index contributed by atoms with van der Waals surface area (Å²) in [5, 5.41) is 9.38. The van der Waals surface area contributed by atoms with Gasteiger partial charge >= 0.3 is 0 Å². The first kappa shape index (κ1) is 21.2. The molecular weight excluding hydrogens is 412 g/mol. The van der Waals surface area contributed by atoms with Gasteiger partial charge in [0, 0.05) is 25.5 Å². The van der Waals surface area contributed by atoms with E-state index in [1.165, 1.54) is 12.3 Å². The quantitative estimate of drug-likeness (QED) is 0.565. The maximum Gasteiger partial charge on any atom is 0.174 e. The second-order valence-electron chi connectivity index (χ2n) is 7.51. The number of benzene rings is 1. The number of carbonyl (C=O) groups is 1. The summed E-state index contributed by atoms with van der Waals surface area (Å²) < 4.78 is 27.7. The van der Waals surface area contributed by atoms with Crippen LogP contribution >= 0.6 is 0 Å². The summed E-state index contributed by atoms with van der Waals surface area (Å²) in [7, 11) is 0. The van der Waals surface area contributed by atoms with Crippen molar-refractivity contribution in [2.45, 2.75) is 19.8 Å². The Kier molecular flexibility index (Phi) is 5.99. The fourth-order valence-electron chi connectivity index (χ4n) is 3.69. The van der Waals surface area contributed by atoms with E-state index in [2.05, 4.69) is 21.0 Å². The summed E-state index contributed by atoms with van der Waals surface area (Å²) >= 11 is 0. The number of nitriles is 1. The molecule has 0 radical (unpaired) electrons. The van der Waals surface area contributed by atoms with Crippen LogP contribution in [0.15, 0.2) is 54.5 Å². The molecule has 4 rings (SSSR count). The molecule has 6 nitrogen and oxygen atoms in total. The van der Waals surface area contributed by atoms with Crippen molar-refractivity contribution in [3.05, 3.63) is 88.6 Å². The lowest BCUT2D eigenvalue weighted by molar-refractivity contribution is 0.0983. The highest BCUT2D eigenvalue weighted by Gasteiger charge is 2.23. The van der Waals surface area contributed by atoms with Crippen LogP contribution in [0.4, 0.5) is 14.6 Å². The fraction of sp³-hybridized carbons (Fsp3) is 0.208. The van der Waals surface area contributed by atoms with E-state index in [1.54, 1.807) is 24.5 Å². The second-order valence-corrected chi connectivity index (χ2v) is 7.51. The van der Waals surface area contributed by atoms with Crippen LogP contribution in [-0.2, 0) is 6.42 Å². The number of Topliss-reactive ketones (excluding diaryl/α,β-unsaturated/α-hetero) is 1. The number of aromatic nitrogens is 3. The predicted octanol–water partition coefficient (Wildman–Crippen LogP) is 4.13. The predicted molar refractivity (Wildman–Crippen MR) is 115 cm³/mol. The van der Waals surface area contributed by atoms with Crippen LogP contribution in [0.1, 0.15) is 40.7 Å². The van der Waals surface area contributed by atoms with Gasteiger partial charge in [-0.1, -0.05) is 11.6 Å². The van der Waals surface area contributed by atoms with Gasteiger partial charge in [0.2, 0.25) is 0 Å². The summed E-state index contributed by atoms with van der Waals surface area (Å²) in [5.41, 5.74) is 3.03. The molecule has 0 saturated heterocycles. The maximum absolute atomic E-state index is 13.9. The Labute approximate surface area is 183 Å². The van der Waals surface area contributed by atoms with E-state index in [0.717, 1.165) is 36.2 Å². The zero-order valence-electron chi connectivity index (χ0n) is 17.3. The topological polar surface area (TPSA) is 82.8 Å². The summed E-state index contributed by atoms with van der Waals surface area (Å²) in [5.74, 6) is -1.86. The van der Waals surface area contributed by atoms with Crippen LogP contribution in [0.2, 0.25) is 0 Å². The normalized spacial score (nSPS) is 13.8. The Morgan fingerprint density at radius 3 is 2.59 bits per heavy atom. The first-order valence-corrected chi connectivity index (χ1v) is 10.0. The number of pyridine rings is 1. The SMILES string of the molecule is CC1=C(c2cnc(CC(=O)c3c(F)cccc3F)cn2)CN(c2ncccc2C#N)CC1. The standard InChI is InChI=1S/C24H19F2N5O/c1-15-7-9-31(24-16(11-27)4-3-8-28-24)14-18(15)21-13-29-17(12-30-21)10-22(32)23-19(25)5-2-6-20(23)26/h2-6,8,12-13H,7,9-10,14H2,1H3. The van der Waals surface area contributed by atoms with Crippen LogP contribution in [0.25, 0.3) is 5.57 Å². The third-order valence-corrected chi connectivity index (χ3v) is 5.43. The third-order valence-electron chi connectivity index (χ3n) is 5.43.